The molecule has 170 valence electrons. The number of anilines is 1. The highest BCUT2D eigenvalue weighted by molar-refractivity contribution is 5.94. The fraction of sp³-hybridized carbons (Fsp3) is 0.346. The first-order valence-corrected chi connectivity index (χ1v) is 11.6. The third-order valence-electron chi connectivity index (χ3n) is 6.63. The van der Waals surface area contributed by atoms with Crippen molar-refractivity contribution in [2.75, 3.05) is 24.6 Å². The first-order chi connectivity index (χ1) is 16.2. The fourth-order valence-electron chi connectivity index (χ4n) is 4.78. The summed E-state index contributed by atoms with van der Waals surface area (Å²) in [6.45, 7) is 2.24. The lowest BCUT2D eigenvalue weighted by Gasteiger charge is -2.33. The van der Waals surface area contributed by atoms with Gasteiger partial charge in [-0.1, -0.05) is 18.9 Å². The van der Waals surface area contributed by atoms with Gasteiger partial charge >= 0.3 is 0 Å². The zero-order chi connectivity index (χ0) is 22.6. The highest BCUT2D eigenvalue weighted by atomic mass is 19.1. The Morgan fingerprint density at radius 1 is 1.00 bits per heavy atom. The van der Waals surface area contributed by atoms with E-state index < -0.39 is 0 Å². The average molecular weight is 446 g/mol. The number of hydrogen-bond acceptors (Lipinski definition) is 5. The van der Waals surface area contributed by atoms with Crippen LogP contribution in [0, 0.1) is 11.7 Å². The third-order valence-corrected chi connectivity index (χ3v) is 6.63. The SMILES string of the molecule is OCCCCC1CCN(c2ncnc3ccc(-c4cn[nH]c4-c4ccc(F)cc4)cc23)CC1. The van der Waals surface area contributed by atoms with Crippen molar-refractivity contribution < 1.29 is 9.50 Å². The predicted octanol–water partition coefficient (Wildman–Crippen LogP) is 5.21. The van der Waals surface area contributed by atoms with Gasteiger partial charge in [0.1, 0.15) is 18.0 Å². The molecule has 2 aromatic heterocycles. The van der Waals surface area contributed by atoms with Gasteiger partial charge < -0.3 is 10.0 Å². The van der Waals surface area contributed by atoms with Crippen molar-refractivity contribution in [3.05, 3.63) is 60.8 Å². The Balaban J connectivity index is 1.43. The van der Waals surface area contributed by atoms with E-state index in [2.05, 4.69) is 31.1 Å². The summed E-state index contributed by atoms with van der Waals surface area (Å²) in [6, 6.07) is 12.6. The van der Waals surface area contributed by atoms with E-state index in [0.717, 1.165) is 83.8 Å². The smallest absolute Gasteiger partial charge is 0.139 e. The van der Waals surface area contributed by atoms with E-state index in [9.17, 15) is 4.39 Å². The minimum atomic E-state index is -0.260. The molecule has 0 amide bonds. The fourth-order valence-corrected chi connectivity index (χ4v) is 4.78. The van der Waals surface area contributed by atoms with Crippen LogP contribution in [0.15, 0.2) is 55.0 Å². The molecule has 0 spiro atoms. The van der Waals surface area contributed by atoms with Gasteiger partial charge in [0.15, 0.2) is 0 Å². The summed E-state index contributed by atoms with van der Waals surface area (Å²) in [5, 5.41) is 17.4. The van der Waals surface area contributed by atoms with Crippen molar-refractivity contribution in [1.82, 2.24) is 20.2 Å². The van der Waals surface area contributed by atoms with Crippen LogP contribution in [0.4, 0.5) is 10.2 Å². The zero-order valence-corrected chi connectivity index (χ0v) is 18.5. The molecular formula is C26H28FN5O. The van der Waals surface area contributed by atoms with Gasteiger partial charge in [-0.3, -0.25) is 5.10 Å². The Morgan fingerprint density at radius 3 is 2.58 bits per heavy atom. The van der Waals surface area contributed by atoms with Crippen LogP contribution in [-0.4, -0.2) is 45.0 Å². The molecule has 33 heavy (non-hydrogen) atoms. The quantitative estimate of drug-likeness (QED) is 0.382. The maximum absolute atomic E-state index is 13.4. The molecule has 1 aliphatic heterocycles. The molecule has 6 nitrogen and oxygen atoms in total. The summed E-state index contributed by atoms with van der Waals surface area (Å²) in [5.41, 5.74) is 4.64. The van der Waals surface area contributed by atoms with Gasteiger partial charge in [-0.15, -0.1) is 0 Å². The van der Waals surface area contributed by atoms with Crippen LogP contribution < -0.4 is 4.90 Å². The van der Waals surface area contributed by atoms with Gasteiger partial charge in [-0.2, -0.15) is 5.10 Å². The van der Waals surface area contributed by atoms with E-state index in [1.54, 1.807) is 24.7 Å². The second-order valence-corrected chi connectivity index (χ2v) is 8.74. The molecule has 2 aromatic carbocycles. The van der Waals surface area contributed by atoms with E-state index in [4.69, 9.17) is 5.11 Å². The molecule has 3 heterocycles. The van der Waals surface area contributed by atoms with Crippen LogP contribution in [0.3, 0.4) is 0 Å². The van der Waals surface area contributed by atoms with Gasteiger partial charge in [0, 0.05) is 36.2 Å². The van der Waals surface area contributed by atoms with Crippen LogP contribution in [0.2, 0.25) is 0 Å². The number of fused-ring (bicyclic) bond motifs is 1. The number of aliphatic hydroxyl groups is 1. The summed E-state index contributed by atoms with van der Waals surface area (Å²) in [5.74, 6) is 1.44. The number of piperidine rings is 1. The van der Waals surface area contributed by atoms with Crippen molar-refractivity contribution in [3.63, 3.8) is 0 Å². The molecule has 7 heteroatoms. The molecule has 0 saturated carbocycles. The number of unbranched alkanes of at least 4 members (excludes halogenated alkanes) is 1. The topological polar surface area (TPSA) is 77.9 Å². The van der Waals surface area contributed by atoms with Crippen molar-refractivity contribution in [2.45, 2.75) is 32.1 Å². The lowest BCUT2D eigenvalue weighted by Crippen LogP contribution is -2.34. The average Bonchev–Trinajstić information content (AvgIpc) is 3.34. The Bertz CT molecular complexity index is 1220. The molecule has 2 N–H and O–H groups in total. The number of halogens is 1. The number of aromatic amines is 1. The highest BCUT2D eigenvalue weighted by Gasteiger charge is 2.22. The molecule has 5 rings (SSSR count). The predicted molar refractivity (Wildman–Crippen MR) is 128 cm³/mol. The number of benzene rings is 2. The molecule has 0 unspecified atom stereocenters. The standard InChI is InChI=1S/C26H28FN5O/c27-21-7-4-19(5-8-21)25-23(16-30-31-25)20-6-9-24-22(15-20)26(29-17-28-24)32-12-10-18(11-13-32)3-1-2-14-33/h4-9,15-18,33H,1-3,10-14H2,(H,30,31). The molecular weight excluding hydrogens is 417 g/mol. The van der Waals surface area contributed by atoms with Gasteiger partial charge in [-0.05, 0) is 67.1 Å². The number of nitrogens with one attached hydrogen (secondary N) is 1. The number of nitrogens with zero attached hydrogens (tertiary/aromatic N) is 4. The normalized spacial score (nSPS) is 14.8. The lowest BCUT2D eigenvalue weighted by atomic mass is 9.91. The third kappa shape index (κ3) is 4.59. The van der Waals surface area contributed by atoms with Crippen molar-refractivity contribution in [1.29, 1.82) is 0 Å². The molecule has 0 aliphatic carbocycles. The summed E-state index contributed by atoms with van der Waals surface area (Å²) in [4.78, 5) is 11.5. The molecule has 1 fully saturated rings. The van der Waals surface area contributed by atoms with Crippen LogP contribution in [0.1, 0.15) is 32.1 Å². The van der Waals surface area contributed by atoms with Crippen LogP contribution in [-0.2, 0) is 0 Å². The molecule has 0 radical (unpaired) electrons. The number of rotatable bonds is 7. The summed E-state index contributed by atoms with van der Waals surface area (Å²) in [6.07, 6.45) is 8.93. The summed E-state index contributed by atoms with van der Waals surface area (Å²) >= 11 is 0. The van der Waals surface area contributed by atoms with Gasteiger partial charge in [0.2, 0.25) is 0 Å². The number of aromatic nitrogens is 4. The Morgan fingerprint density at radius 2 is 1.79 bits per heavy atom. The van der Waals surface area contributed by atoms with Crippen molar-refractivity contribution in [2.24, 2.45) is 5.92 Å². The van der Waals surface area contributed by atoms with E-state index in [1.165, 1.54) is 18.6 Å². The number of H-pyrrole nitrogens is 1. The molecule has 0 atom stereocenters. The zero-order valence-electron chi connectivity index (χ0n) is 18.5. The van der Waals surface area contributed by atoms with Gasteiger partial charge in [0.25, 0.3) is 0 Å². The summed E-state index contributed by atoms with van der Waals surface area (Å²) < 4.78 is 13.4. The second-order valence-electron chi connectivity index (χ2n) is 8.74. The largest absolute Gasteiger partial charge is 0.396 e. The molecule has 1 saturated heterocycles. The van der Waals surface area contributed by atoms with Crippen molar-refractivity contribution in [3.8, 4) is 22.4 Å². The minimum Gasteiger partial charge on any atom is -0.396 e. The number of hydrogen-bond donors (Lipinski definition) is 2. The molecule has 4 aromatic rings. The Labute approximate surface area is 192 Å². The van der Waals surface area contributed by atoms with Crippen LogP contribution in [0.25, 0.3) is 33.3 Å². The highest BCUT2D eigenvalue weighted by Crippen LogP contribution is 2.35. The molecule has 0 bridgehead atoms. The van der Waals surface area contributed by atoms with Crippen molar-refractivity contribution >= 4 is 16.7 Å². The maximum Gasteiger partial charge on any atom is 0.139 e. The van der Waals surface area contributed by atoms with E-state index in [-0.39, 0.29) is 12.4 Å². The van der Waals surface area contributed by atoms with E-state index in [0.29, 0.717) is 0 Å². The molecule has 1 aliphatic rings. The van der Waals surface area contributed by atoms with Gasteiger partial charge in [0.05, 0.1) is 17.4 Å². The van der Waals surface area contributed by atoms with E-state index in [1.807, 2.05) is 12.1 Å². The minimum absolute atomic E-state index is 0.260. The van der Waals surface area contributed by atoms with Gasteiger partial charge in [-0.25, -0.2) is 14.4 Å². The summed E-state index contributed by atoms with van der Waals surface area (Å²) in [7, 11) is 0. The monoisotopic (exact) mass is 445 g/mol. The first kappa shape index (κ1) is 21.5. The van der Waals surface area contributed by atoms with Crippen LogP contribution in [0.5, 0.6) is 0 Å². The second kappa shape index (κ2) is 9.67. The Hall–Kier alpha value is -3.32. The number of aliphatic hydroxyl groups excluding tert-OH is 1. The van der Waals surface area contributed by atoms with E-state index >= 15 is 0 Å². The van der Waals surface area contributed by atoms with Crippen LogP contribution >= 0.6 is 0 Å². The lowest BCUT2D eigenvalue weighted by molar-refractivity contribution is 0.272. The Kier molecular flexibility index (Phi) is 6.30. The maximum atomic E-state index is 13.4. The first-order valence-electron chi connectivity index (χ1n) is 11.6.